The fourth-order valence-corrected chi connectivity index (χ4v) is 3.60. The number of nitrogens with one attached hydrogen (secondary N) is 1. The minimum absolute atomic E-state index is 0. The number of carbonyl (C=O) groups excluding carboxylic acids is 3. The Morgan fingerprint density at radius 3 is 2.61 bits per heavy atom. The maximum absolute atomic E-state index is 12.7. The van der Waals surface area contributed by atoms with Crippen LogP contribution in [-0.2, 0) is 19.1 Å². The Bertz CT molecular complexity index is 606. The van der Waals surface area contributed by atoms with Gasteiger partial charge in [-0.3, -0.25) is 14.4 Å². The lowest BCUT2D eigenvalue weighted by atomic mass is 9.98. The highest BCUT2D eigenvalue weighted by Gasteiger charge is 2.35. The van der Waals surface area contributed by atoms with Gasteiger partial charge < -0.3 is 31.4 Å². The number of halogens is 2. The van der Waals surface area contributed by atoms with Crippen molar-refractivity contribution in [2.24, 2.45) is 22.6 Å². The van der Waals surface area contributed by atoms with Crippen molar-refractivity contribution in [2.45, 2.75) is 57.5 Å². The van der Waals surface area contributed by atoms with Gasteiger partial charge in [-0.25, -0.2) is 0 Å². The molecule has 0 radical (unpaired) electrons. The van der Waals surface area contributed by atoms with E-state index in [1.165, 1.54) is 0 Å². The number of nitrogens with two attached hydrogens (primary N) is 2. The van der Waals surface area contributed by atoms with Gasteiger partial charge in [-0.05, 0) is 38.5 Å². The number of hydrogen-bond donors (Lipinski definition) is 3. The Kier molecular flexibility index (Phi) is 14.2. The molecule has 2 rings (SSSR count). The molecule has 0 aromatic heterocycles. The van der Waals surface area contributed by atoms with Crippen LogP contribution < -0.4 is 16.9 Å². The molecular formula is C19H36Cl2N6O4. The molecule has 0 spiro atoms. The van der Waals surface area contributed by atoms with Crippen molar-refractivity contribution in [3.63, 3.8) is 0 Å². The number of hydrazone groups is 1. The molecule has 2 aliphatic rings. The van der Waals surface area contributed by atoms with Crippen LogP contribution in [0.25, 0.3) is 0 Å². The van der Waals surface area contributed by atoms with Crippen LogP contribution in [0.15, 0.2) is 5.10 Å². The van der Waals surface area contributed by atoms with Crippen molar-refractivity contribution < 1.29 is 19.1 Å². The fraction of sp³-hybridized carbons (Fsp3) is 0.789. The topological polar surface area (TPSA) is 143 Å². The van der Waals surface area contributed by atoms with Gasteiger partial charge in [0.2, 0.25) is 11.8 Å². The first-order valence-corrected chi connectivity index (χ1v) is 10.4. The highest BCUT2D eigenvalue weighted by molar-refractivity contribution is 5.88. The minimum Gasteiger partial charge on any atom is -0.466 e. The predicted molar refractivity (Wildman–Crippen MR) is 123 cm³/mol. The Hall–Kier alpha value is -1.78. The van der Waals surface area contributed by atoms with Crippen molar-refractivity contribution in [1.29, 1.82) is 0 Å². The average Bonchev–Trinajstić information content (AvgIpc) is 3.52. The molecule has 0 aromatic rings. The monoisotopic (exact) mass is 482 g/mol. The normalized spacial score (nSPS) is 19.0. The van der Waals surface area contributed by atoms with Gasteiger partial charge in [0.05, 0.1) is 25.5 Å². The van der Waals surface area contributed by atoms with Crippen LogP contribution in [0.2, 0.25) is 0 Å². The lowest BCUT2D eigenvalue weighted by Crippen LogP contribution is -2.48. The third kappa shape index (κ3) is 10.4. The van der Waals surface area contributed by atoms with E-state index >= 15 is 0 Å². The van der Waals surface area contributed by atoms with Gasteiger partial charge in [-0.1, -0.05) is 0 Å². The van der Waals surface area contributed by atoms with E-state index < -0.39 is 6.04 Å². The van der Waals surface area contributed by atoms with Crippen LogP contribution in [0.1, 0.15) is 45.4 Å². The van der Waals surface area contributed by atoms with Crippen LogP contribution >= 0.6 is 24.8 Å². The molecular weight excluding hydrogens is 447 g/mol. The van der Waals surface area contributed by atoms with Crippen LogP contribution in [0.3, 0.4) is 0 Å². The smallest absolute Gasteiger partial charge is 0.307 e. The number of amides is 2. The van der Waals surface area contributed by atoms with Gasteiger partial charge in [-0.2, -0.15) is 5.10 Å². The molecule has 5 N–H and O–H groups in total. The maximum Gasteiger partial charge on any atom is 0.307 e. The summed E-state index contributed by atoms with van der Waals surface area (Å²) in [6.45, 7) is 4.56. The third-order valence-corrected chi connectivity index (χ3v) is 5.22. The van der Waals surface area contributed by atoms with E-state index in [-0.39, 0.29) is 68.0 Å². The van der Waals surface area contributed by atoms with Crippen LogP contribution in [-0.4, -0.2) is 78.8 Å². The molecule has 12 heteroatoms. The number of rotatable bonds is 11. The number of carbonyl (C=O) groups is 3. The lowest BCUT2D eigenvalue weighted by Gasteiger charge is -2.31. The van der Waals surface area contributed by atoms with E-state index in [2.05, 4.69) is 10.4 Å². The standard InChI is InChI=1S/C19H34N6O4.2ClH/c1-2-29-18(27)7-9-25(15-5-6-15)19(28)16(20)10-17(26)22-11-14-4-3-8-24(12-14)13-23-21;;/h13-16H,2-12,20-21H2,1H3,(H,22,26);2*1H/t14-,16-;;/m0../s1. The summed E-state index contributed by atoms with van der Waals surface area (Å²) in [5.74, 6) is 4.65. The average molecular weight is 483 g/mol. The molecule has 1 aliphatic heterocycles. The zero-order valence-electron chi connectivity index (χ0n) is 18.0. The number of esters is 1. The summed E-state index contributed by atoms with van der Waals surface area (Å²) < 4.78 is 4.92. The Balaban J connectivity index is 0.00000450. The Labute approximate surface area is 196 Å². The molecule has 1 aliphatic carbocycles. The molecule has 0 unspecified atom stereocenters. The van der Waals surface area contributed by atoms with Gasteiger partial charge in [0.1, 0.15) is 6.34 Å². The highest BCUT2D eigenvalue weighted by atomic mass is 35.5. The van der Waals surface area contributed by atoms with Crippen molar-refractivity contribution >= 4 is 48.9 Å². The van der Waals surface area contributed by atoms with Crippen molar-refractivity contribution in [1.82, 2.24) is 15.1 Å². The van der Waals surface area contributed by atoms with Crippen LogP contribution in [0.5, 0.6) is 0 Å². The molecule has 1 saturated carbocycles. The van der Waals surface area contributed by atoms with Crippen molar-refractivity contribution in [3.8, 4) is 0 Å². The first-order chi connectivity index (χ1) is 13.9. The van der Waals surface area contributed by atoms with E-state index in [0.717, 1.165) is 38.8 Å². The molecule has 180 valence electrons. The van der Waals surface area contributed by atoms with Gasteiger partial charge in [0.15, 0.2) is 0 Å². The first-order valence-electron chi connectivity index (χ1n) is 10.4. The summed E-state index contributed by atoms with van der Waals surface area (Å²) in [7, 11) is 0. The SMILES string of the molecule is CCOC(=O)CCN(C(=O)[C@@H](N)CC(=O)NC[C@@H]1CCCN(C=NN)C1)C1CC1.Cl.Cl. The van der Waals surface area contributed by atoms with Crippen molar-refractivity contribution in [3.05, 3.63) is 0 Å². The van der Waals surface area contributed by atoms with E-state index in [1.807, 2.05) is 4.90 Å². The first kappa shape index (κ1) is 29.2. The molecule has 1 heterocycles. The number of likely N-dealkylation sites (tertiary alicyclic amines) is 1. The maximum atomic E-state index is 12.7. The van der Waals surface area contributed by atoms with Crippen LogP contribution in [0, 0.1) is 5.92 Å². The summed E-state index contributed by atoms with van der Waals surface area (Å²) in [4.78, 5) is 40.2. The summed E-state index contributed by atoms with van der Waals surface area (Å²) in [5, 5.41) is 6.43. The number of nitrogens with zero attached hydrogens (tertiary/aromatic N) is 3. The molecule has 2 amide bonds. The second-order valence-electron chi connectivity index (χ2n) is 7.70. The van der Waals surface area contributed by atoms with E-state index in [1.54, 1.807) is 18.2 Å². The summed E-state index contributed by atoms with van der Waals surface area (Å²) >= 11 is 0. The van der Waals surface area contributed by atoms with Gasteiger partial charge >= 0.3 is 5.97 Å². The van der Waals surface area contributed by atoms with Crippen molar-refractivity contribution in [2.75, 3.05) is 32.8 Å². The minimum atomic E-state index is -0.912. The second-order valence-corrected chi connectivity index (χ2v) is 7.70. The molecule has 2 atom stereocenters. The third-order valence-electron chi connectivity index (χ3n) is 5.22. The summed E-state index contributed by atoms with van der Waals surface area (Å²) in [6.07, 6.45) is 5.52. The zero-order chi connectivity index (χ0) is 21.2. The highest BCUT2D eigenvalue weighted by Crippen LogP contribution is 2.27. The van der Waals surface area contributed by atoms with Gasteiger partial charge in [0, 0.05) is 32.2 Å². The number of ether oxygens (including phenoxy) is 1. The summed E-state index contributed by atoms with van der Waals surface area (Å²) in [5.41, 5.74) is 6.01. The fourth-order valence-electron chi connectivity index (χ4n) is 3.60. The Morgan fingerprint density at radius 1 is 1.29 bits per heavy atom. The van der Waals surface area contributed by atoms with E-state index in [0.29, 0.717) is 19.1 Å². The predicted octanol–water partition coefficient (Wildman–Crippen LogP) is 0.222. The molecule has 2 fully saturated rings. The quantitative estimate of drug-likeness (QED) is 0.125. The molecule has 0 bridgehead atoms. The van der Waals surface area contributed by atoms with E-state index in [9.17, 15) is 14.4 Å². The molecule has 31 heavy (non-hydrogen) atoms. The number of piperidine rings is 1. The van der Waals surface area contributed by atoms with Crippen LogP contribution in [0.4, 0.5) is 0 Å². The molecule has 0 aromatic carbocycles. The largest absolute Gasteiger partial charge is 0.466 e. The van der Waals surface area contributed by atoms with Gasteiger partial charge in [0.25, 0.3) is 0 Å². The summed E-state index contributed by atoms with van der Waals surface area (Å²) in [6, 6.07) is -0.798. The molecule has 1 saturated heterocycles. The van der Waals surface area contributed by atoms with Gasteiger partial charge in [-0.15, -0.1) is 24.8 Å². The zero-order valence-corrected chi connectivity index (χ0v) is 19.7. The lowest BCUT2D eigenvalue weighted by molar-refractivity contribution is -0.144. The number of hydrogen-bond acceptors (Lipinski definition) is 7. The van der Waals surface area contributed by atoms with E-state index in [4.69, 9.17) is 16.3 Å². The second kappa shape index (κ2) is 15.1. The molecule has 10 nitrogen and oxygen atoms in total. The Morgan fingerprint density at radius 2 is 2.00 bits per heavy atom.